The molecule has 1 aromatic heterocycles. The van der Waals surface area contributed by atoms with Crippen LogP contribution < -0.4 is 5.32 Å². The number of rotatable bonds is 5. The lowest BCUT2D eigenvalue weighted by atomic mass is 10.1. The zero-order valence-corrected chi connectivity index (χ0v) is 11.3. The minimum atomic E-state index is -0.0824. The lowest BCUT2D eigenvalue weighted by Gasteiger charge is -2.13. The molecule has 0 saturated heterocycles. The van der Waals surface area contributed by atoms with Gasteiger partial charge in [0.25, 0.3) is 5.91 Å². The summed E-state index contributed by atoms with van der Waals surface area (Å²) in [6.07, 6.45) is 3.26. The second kappa shape index (κ2) is 6.60. The van der Waals surface area contributed by atoms with Crippen molar-refractivity contribution < 1.29 is 4.79 Å². The molecule has 0 radical (unpaired) electrons. The van der Waals surface area contributed by atoms with Crippen LogP contribution in [0.2, 0.25) is 5.15 Å². The molecule has 1 amide bonds. The van der Waals surface area contributed by atoms with Gasteiger partial charge in [-0.25, -0.2) is 4.98 Å². The highest BCUT2D eigenvalue weighted by molar-refractivity contribution is 6.29. The first-order valence-corrected chi connectivity index (χ1v) is 6.35. The Morgan fingerprint density at radius 1 is 1.53 bits per heavy atom. The van der Waals surface area contributed by atoms with Crippen molar-refractivity contribution in [3.63, 3.8) is 0 Å². The Morgan fingerprint density at radius 3 is 2.82 bits per heavy atom. The summed E-state index contributed by atoms with van der Waals surface area (Å²) in [5.41, 5.74) is 1.33. The number of nitrogens with one attached hydrogen (secondary N) is 1. The third-order valence-electron chi connectivity index (χ3n) is 2.55. The van der Waals surface area contributed by atoms with Crippen molar-refractivity contribution in [2.45, 2.75) is 46.1 Å². The zero-order valence-electron chi connectivity index (χ0n) is 10.6. The first-order chi connectivity index (χ1) is 8.02. The van der Waals surface area contributed by atoms with Gasteiger partial charge in [-0.15, -0.1) is 0 Å². The van der Waals surface area contributed by atoms with Gasteiger partial charge in [0.2, 0.25) is 0 Å². The normalized spacial score (nSPS) is 12.2. The van der Waals surface area contributed by atoms with Crippen LogP contribution in [0, 0.1) is 6.92 Å². The number of unbranched alkanes of at least 4 members (excludes halogenated alkanes) is 1. The fourth-order valence-electron chi connectivity index (χ4n) is 1.65. The Morgan fingerprint density at radius 2 is 2.24 bits per heavy atom. The largest absolute Gasteiger partial charge is 0.350 e. The summed E-state index contributed by atoms with van der Waals surface area (Å²) < 4.78 is 0. The summed E-state index contributed by atoms with van der Waals surface area (Å²) in [6, 6.07) is 3.53. The van der Waals surface area contributed by atoms with E-state index < -0.39 is 0 Å². The number of carbonyl (C=O) groups excluding carboxylic acids is 1. The van der Waals surface area contributed by atoms with Crippen molar-refractivity contribution in [2.24, 2.45) is 0 Å². The number of aromatic nitrogens is 1. The molecular weight excluding hydrogens is 236 g/mol. The van der Waals surface area contributed by atoms with Gasteiger partial charge in [-0.3, -0.25) is 4.79 Å². The molecule has 0 fully saturated rings. The van der Waals surface area contributed by atoms with E-state index in [4.69, 9.17) is 11.6 Å². The molecule has 4 heteroatoms. The molecule has 0 aliphatic rings. The van der Waals surface area contributed by atoms with E-state index in [9.17, 15) is 4.79 Å². The molecule has 0 spiro atoms. The molecule has 3 nitrogen and oxygen atoms in total. The maximum atomic E-state index is 11.9. The van der Waals surface area contributed by atoms with E-state index in [1.165, 1.54) is 0 Å². The molecule has 1 heterocycles. The number of hydrogen-bond donors (Lipinski definition) is 1. The molecule has 0 aliphatic carbocycles. The van der Waals surface area contributed by atoms with E-state index >= 15 is 0 Å². The maximum Gasteiger partial charge on any atom is 0.251 e. The zero-order chi connectivity index (χ0) is 12.8. The van der Waals surface area contributed by atoms with Gasteiger partial charge < -0.3 is 5.32 Å². The molecule has 1 rings (SSSR count). The minimum Gasteiger partial charge on any atom is -0.350 e. The smallest absolute Gasteiger partial charge is 0.251 e. The number of hydrogen-bond acceptors (Lipinski definition) is 2. The number of nitrogens with zero attached hydrogens (tertiary/aromatic N) is 1. The van der Waals surface area contributed by atoms with Gasteiger partial charge in [0.1, 0.15) is 5.15 Å². The first-order valence-electron chi connectivity index (χ1n) is 5.98. The van der Waals surface area contributed by atoms with E-state index in [2.05, 4.69) is 17.2 Å². The van der Waals surface area contributed by atoms with Crippen molar-refractivity contribution in [1.82, 2.24) is 10.3 Å². The minimum absolute atomic E-state index is 0.0824. The summed E-state index contributed by atoms with van der Waals surface area (Å²) >= 11 is 5.82. The van der Waals surface area contributed by atoms with Crippen LogP contribution in [0.5, 0.6) is 0 Å². The molecule has 0 aromatic carbocycles. The van der Waals surface area contributed by atoms with Gasteiger partial charge in [-0.2, -0.15) is 0 Å². The quantitative estimate of drug-likeness (QED) is 0.819. The van der Waals surface area contributed by atoms with Gasteiger partial charge in [0.05, 0.1) is 0 Å². The SMILES string of the molecule is CCCCC(C)NC(=O)c1cc(C)nc(Cl)c1. The van der Waals surface area contributed by atoms with E-state index in [0.29, 0.717) is 10.7 Å². The molecule has 1 unspecified atom stereocenters. The van der Waals surface area contributed by atoms with Gasteiger partial charge in [0, 0.05) is 17.3 Å². The van der Waals surface area contributed by atoms with E-state index in [1.807, 2.05) is 13.8 Å². The first kappa shape index (κ1) is 14.0. The molecule has 0 bridgehead atoms. The number of amides is 1. The van der Waals surface area contributed by atoms with Crippen molar-refractivity contribution >= 4 is 17.5 Å². The van der Waals surface area contributed by atoms with Crippen LogP contribution in [-0.4, -0.2) is 16.9 Å². The fraction of sp³-hybridized carbons (Fsp3) is 0.538. The van der Waals surface area contributed by atoms with E-state index in [1.54, 1.807) is 12.1 Å². The number of pyridine rings is 1. The van der Waals surface area contributed by atoms with Crippen LogP contribution in [0.4, 0.5) is 0 Å². The average Bonchev–Trinajstić information content (AvgIpc) is 2.25. The third kappa shape index (κ3) is 4.73. The second-order valence-corrected chi connectivity index (χ2v) is 4.72. The standard InChI is InChI=1S/C13H19ClN2O/c1-4-5-6-9(2)16-13(17)11-7-10(3)15-12(14)8-11/h7-9H,4-6H2,1-3H3,(H,16,17). The molecule has 1 N–H and O–H groups in total. The Balaban J connectivity index is 2.63. The molecule has 17 heavy (non-hydrogen) atoms. The topological polar surface area (TPSA) is 42.0 Å². The average molecular weight is 255 g/mol. The highest BCUT2D eigenvalue weighted by Crippen LogP contribution is 2.11. The summed E-state index contributed by atoms with van der Waals surface area (Å²) in [5, 5.41) is 3.32. The van der Waals surface area contributed by atoms with E-state index in [0.717, 1.165) is 25.0 Å². The molecular formula is C13H19ClN2O. The number of halogens is 1. The van der Waals surface area contributed by atoms with Crippen molar-refractivity contribution in [1.29, 1.82) is 0 Å². The predicted octanol–water partition coefficient (Wildman–Crippen LogP) is 3.35. The fourth-order valence-corrected chi connectivity index (χ4v) is 1.90. The molecule has 1 atom stereocenters. The summed E-state index contributed by atoms with van der Waals surface area (Å²) in [6.45, 7) is 5.98. The lowest BCUT2D eigenvalue weighted by molar-refractivity contribution is 0.0937. The summed E-state index contributed by atoms with van der Waals surface area (Å²) in [4.78, 5) is 16.0. The van der Waals surface area contributed by atoms with E-state index in [-0.39, 0.29) is 11.9 Å². The molecule has 94 valence electrons. The van der Waals surface area contributed by atoms with Crippen LogP contribution >= 0.6 is 11.6 Å². The van der Waals surface area contributed by atoms with Crippen molar-refractivity contribution in [3.05, 3.63) is 28.5 Å². The molecule has 0 saturated carbocycles. The van der Waals surface area contributed by atoms with Crippen molar-refractivity contribution in [3.8, 4) is 0 Å². The highest BCUT2D eigenvalue weighted by Gasteiger charge is 2.10. The van der Waals surface area contributed by atoms with Crippen LogP contribution in [0.3, 0.4) is 0 Å². The second-order valence-electron chi connectivity index (χ2n) is 4.34. The van der Waals surface area contributed by atoms with Gasteiger partial charge in [-0.1, -0.05) is 31.4 Å². The summed E-state index contributed by atoms with van der Waals surface area (Å²) in [7, 11) is 0. The Hall–Kier alpha value is -1.09. The monoisotopic (exact) mass is 254 g/mol. The van der Waals surface area contributed by atoms with Crippen LogP contribution in [0.1, 0.15) is 49.2 Å². The van der Waals surface area contributed by atoms with Crippen molar-refractivity contribution in [2.75, 3.05) is 0 Å². The summed E-state index contributed by atoms with van der Waals surface area (Å²) in [5.74, 6) is -0.0824. The Bertz CT molecular complexity index is 373. The van der Waals surface area contributed by atoms with Gasteiger partial charge in [-0.05, 0) is 32.4 Å². The lowest BCUT2D eigenvalue weighted by Crippen LogP contribution is -2.32. The Kier molecular flexibility index (Phi) is 5.42. The highest BCUT2D eigenvalue weighted by atomic mass is 35.5. The van der Waals surface area contributed by atoms with Crippen LogP contribution in [-0.2, 0) is 0 Å². The number of aryl methyl sites for hydroxylation is 1. The maximum absolute atomic E-state index is 11.9. The third-order valence-corrected chi connectivity index (χ3v) is 2.75. The Labute approximate surface area is 108 Å². The predicted molar refractivity (Wildman–Crippen MR) is 70.4 cm³/mol. The molecule has 1 aromatic rings. The van der Waals surface area contributed by atoms with Gasteiger partial charge in [0.15, 0.2) is 0 Å². The van der Waals surface area contributed by atoms with Gasteiger partial charge >= 0.3 is 0 Å². The van der Waals surface area contributed by atoms with Crippen LogP contribution in [0.15, 0.2) is 12.1 Å². The molecule has 0 aliphatic heterocycles. The number of carbonyl (C=O) groups is 1. The van der Waals surface area contributed by atoms with Crippen LogP contribution in [0.25, 0.3) is 0 Å².